The van der Waals surface area contributed by atoms with Crippen molar-refractivity contribution in [1.82, 2.24) is 10.2 Å². The van der Waals surface area contributed by atoms with Gasteiger partial charge in [0.05, 0.1) is 6.10 Å². The van der Waals surface area contributed by atoms with Gasteiger partial charge in [0.2, 0.25) is 0 Å². The Morgan fingerprint density at radius 1 is 1.11 bits per heavy atom. The van der Waals surface area contributed by atoms with Crippen LogP contribution in [0, 0.1) is 17.8 Å². The van der Waals surface area contributed by atoms with Gasteiger partial charge in [0.1, 0.15) is 0 Å². The van der Waals surface area contributed by atoms with Crippen LogP contribution >= 0.6 is 0 Å². The molecule has 3 nitrogen and oxygen atoms in total. The van der Waals surface area contributed by atoms with Crippen molar-refractivity contribution in [3.05, 3.63) is 0 Å². The first-order valence-electron chi connectivity index (χ1n) is 8.16. The molecule has 3 heteroatoms. The molecule has 2 saturated carbocycles. The molecule has 0 radical (unpaired) electrons. The van der Waals surface area contributed by atoms with Gasteiger partial charge in [0.25, 0.3) is 0 Å². The molecule has 0 aromatic heterocycles. The molecule has 112 valence electrons. The first-order valence-corrected chi connectivity index (χ1v) is 8.16. The van der Waals surface area contributed by atoms with E-state index in [9.17, 15) is 5.11 Å². The number of nitrogens with one attached hydrogen (secondary N) is 1. The van der Waals surface area contributed by atoms with Gasteiger partial charge in [-0.3, -0.25) is 0 Å². The highest BCUT2D eigenvalue weighted by Crippen LogP contribution is 2.33. The summed E-state index contributed by atoms with van der Waals surface area (Å²) in [6, 6.07) is 0.706. The van der Waals surface area contributed by atoms with Gasteiger partial charge in [0, 0.05) is 19.1 Å². The molecular weight excluding hydrogens is 236 g/mol. The summed E-state index contributed by atoms with van der Waals surface area (Å²) in [5.41, 5.74) is 0. The van der Waals surface area contributed by atoms with Crippen molar-refractivity contribution in [1.29, 1.82) is 0 Å². The molecule has 3 unspecified atom stereocenters. The van der Waals surface area contributed by atoms with Crippen LogP contribution in [0.25, 0.3) is 0 Å². The van der Waals surface area contributed by atoms with Crippen molar-refractivity contribution in [2.45, 2.75) is 57.6 Å². The minimum Gasteiger partial charge on any atom is -0.393 e. The number of rotatable bonds is 6. The van der Waals surface area contributed by atoms with E-state index in [1.807, 2.05) is 0 Å². The van der Waals surface area contributed by atoms with E-state index in [4.69, 9.17) is 0 Å². The van der Waals surface area contributed by atoms with Gasteiger partial charge in [-0.25, -0.2) is 0 Å². The van der Waals surface area contributed by atoms with Crippen molar-refractivity contribution in [3.8, 4) is 0 Å². The van der Waals surface area contributed by atoms with Crippen LogP contribution in [0.15, 0.2) is 0 Å². The number of hydrogen-bond donors (Lipinski definition) is 2. The number of aliphatic hydroxyl groups excluding tert-OH is 1. The second kappa shape index (κ2) is 7.05. The van der Waals surface area contributed by atoms with Crippen molar-refractivity contribution in [3.63, 3.8) is 0 Å². The molecule has 2 rings (SSSR count). The van der Waals surface area contributed by atoms with Gasteiger partial charge in [0.15, 0.2) is 0 Å². The molecule has 0 aromatic rings. The summed E-state index contributed by atoms with van der Waals surface area (Å²) in [4.78, 5) is 2.50. The Morgan fingerprint density at radius 2 is 1.84 bits per heavy atom. The molecule has 2 N–H and O–H groups in total. The van der Waals surface area contributed by atoms with Gasteiger partial charge in [-0.05, 0) is 64.0 Å². The van der Waals surface area contributed by atoms with Gasteiger partial charge >= 0.3 is 0 Å². The highest BCUT2D eigenvalue weighted by atomic mass is 16.3. The lowest BCUT2D eigenvalue weighted by atomic mass is 9.76. The fourth-order valence-electron chi connectivity index (χ4n) is 4.08. The summed E-state index contributed by atoms with van der Waals surface area (Å²) >= 11 is 0. The van der Waals surface area contributed by atoms with Gasteiger partial charge < -0.3 is 15.3 Å². The Morgan fingerprint density at radius 3 is 2.42 bits per heavy atom. The maximum atomic E-state index is 9.37. The van der Waals surface area contributed by atoms with Crippen LogP contribution in [-0.4, -0.2) is 49.3 Å². The zero-order valence-electron chi connectivity index (χ0n) is 12.9. The van der Waals surface area contributed by atoms with Crippen LogP contribution < -0.4 is 5.32 Å². The van der Waals surface area contributed by atoms with Gasteiger partial charge in [-0.15, -0.1) is 0 Å². The summed E-state index contributed by atoms with van der Waals surface area (Å²) in [7, 11) is 4.37. The quantitative estimate of drug-likeness (QED) is 0.774. The maximum Gasteiger partial charge on any atom is 0.0546 e. The third kappa shape index (κ3) is 4.17. The molecule has 0 amide bonds. The van der Waals surface area contributed by atoms with E-state index >= 15 is 0 Å². The van der Waals surface area contributed by atoms with Crippen LogP contribution in [0.5, 0.6) is 0 Å². The lowest BCUT2D eigenvalue weighted by molar-refractivity contribution is 0.0236. The van der Waals surface area contributed by atoms with Gasteiger partial charge in [-0.2, -0.15) is 0 Å². The molecule has 0 bridgehead atoms. The Bertz CT molecular complexity index is 265. The first kappa shape index (κ1) is 15.3. The predicted molar refractivity (Wildman–Crippen MR) is 80.2 cm³/mol. The molecule has 0 spiro atoms. The Kier molecular flexibility index (Phi) is 5.67. The van der Waals surface area contributed by atoms with E-state index in [2.05, 4.69) is 31.2 Å². The molecule has 19 heavy (non-hydrogen) atoms. The van der Waals surface area contributed by atoms with Crippen molar-refractivity contribution in [2.75, 3.05) is 27.2 Å². The topological polar surface area (TPSA) is 35.5 Å². The third-order valence-corrected chi connectivity index (χ3v) is 5.37. The zero-order valence-corrected chi connectivity index (χ0v) is 12.9. The average molecular weight is 268 g/mol. The van der Waals surface area contributed by atoms with Crippen LogP contribution in [0.1, 0.15) is 45.4 Å². The third-order valence-electron chi connectivity index (χ3n) is 5.37. The van der Waals surface area contributed by atoms with Crippen LogP contribution in [0.3, 0.4) is 0 Å². The second-order valence-electron chi connectivity index (χ2n) is 6.96. The van der Waals surface area contributed by atoms with E-state index in [1.54, 1.807) is 0 Å². The molecule has 0 saturated heterocycles. The largest absolute Gasteiger partial charge is 0.393 e. The smallest absolute Gasteiger partial charge is 0.0546 e. The van der Waals surface area contributed by atoms with E-state index < -0.39 is 0 Å². The standard InChI is InChI=1S/C16H32N2O/c1-4-12-5-6-16(17-2)14(7-12)11-18(3)10-13-8-15(19)9-13/h12-17,19H,4-11H2,1-3H3. The van der Waals surface area contributed by atoms with Gasteiger partial charge in [-0.1, -0.05) is 13.3 Å². The molecule has 0 aromatic carbocycles. The highest BCUT2D eigenvalue weighted by molar-refractivity contribution is 4.87. The van der Waals surface area contributed by atoms with Crippen molar-refractivity contribution in [2.24, 2.45) is 17.8 Å². The number of hydrogen-bond acceptors (Lipinski definition) is 3. The Balaban J connectivity index is 1.77. The molecule has 0 aliphatic heterocycles. The van der Waals surface area contributed by atoms with Crippen molar-refractivity contribution >= 4 is 0 Å². The van der Waals surface area contributed by atoms with E-state index in [0.717, 1.165) is 30.6 Å². The summed E-state index contributed by atoms with van der Waals surface area (Å²) < 4.78 is 0. The summed E-state index contributed by atoms with van der Waals surface area (Å²) in [5, 5.41) is 12.9. The molecule has 2 fully saturated rings. The minimum absolute atomic E-state index is 0.0115. The highest BCUT2D eigenvalue weighted by Gasteiger charge is 2.32. The van der Waals surface area contributed by atoms with E-state index in [0.29, 0.717) is 6.04 Å². The SMILES string of the molecule is CCC1CCC(NC)C(CN(C)CC2CC(O)C2)C1. The van der Waals surface area contributed by atoms with Crippen LogP contribution in [0.2, 0.25) is 0 Å². The fraction of sp³-hybridized carbons (Fsp3) is 1.00. The van der Waals surface area contributed by atoms with E-state index in [1.165, 1.54) is 38.8 Å². The summed E-state index contributed by atoms with van der Waals surface area (Å²) in [6.07, 6.45) is 7.49. The normalized spacial score (nSPS) is 39.3. The maximum absolute atomic E-state index is 9.37. The zero-order chi connectivity index (χ0) is 13.8. The van der Waals surface area contributed by atoms with Crippen LogP contribution in [-0.2, 0) is 0 Å². The first-order chi connectivity index (χ1) is 9.12. The summed E-state index contributed by atoms with van der Waals surface area (Å²) in [6.45, 7) is 4.72. The molecule has 2 aliphatic rings. The second-order valence-corrected chi connectivity index (χ2v) is 6.96. The lowest BCUT2D eigenvalue weighted by Crippen LogP contribution is -2.45. The monoisotopic (exact) mass is 268 g/mol. The summed E-state index contributed by atoms with van der Waals surface area (Å²) in [5.74, 6) is 2.48. The Hall–Kier alpha value is -0.120. The fourth-order valence-corrected chi connectivity index (χ4v) is 4.08. The number of aliphatic hydroxyl groups is 1. The molecular formula is C16H32N2O. The van der Waals surface area contributed by atoms with Crippen molar-refractivity contribution < 1.29 is 5.11 Å². The van der Waals surface area contributed by atoms with E-state index in [-0.39, 0.29) is 6.10 Å². The molecule has 2 aliphatic carbocycles. The Labute approximate surface area is 118 Å². The lowest BCUT2D eigenvalue weighted by Gasteiger charge is -2.40. The predicted octanol–water partition coefficient (Wildman–Crippen LogP) is 2.10. The van der Waals surface area contributed by atoms with Crippen LogP contribution in [0.4, 0.5) is 0 Å². The molecule has 3 atom stereocenters. The molecule has 0 heterocycles. The number of nitrogens with zero attached hydrogens (tertiary/aromatic N) is 1. The average Bonchev–Trinajstić information content (AvgIpc) is 2.36. The minimum atomic E-state index is -0.0115.